The van der Waals surface area contributed by atoms with Gasteiger partial charge >= 0.3 is 0 Å². The molecule has 0 spiro atoms. The van der Waals surface area contributed by atoms with Gasteiger partial charge in [-0.1, -0.05) is 12.1 Å². The second-order valence-electron chi connectivity index (χ2n) is 4.45. The van der Waals surface area contributed by atoms with Gasteiger partial charge in [-0.15, -0.1) is 0 Å². The zero-order chi connectivity index (χ0) is 14.8. The summed E-state index contributed by atoms with van der Waals surface area (Å²) in [4.78, 5) is 5.17. The van der Waals surface area contributed by atoms with Crippen molar-refractivity contribution in [3.05, 3.63) is 48.0 Å². The van der Waals surface area contributed by atoms with Crippen molar-refractivity contribution in [2.45, 2.75) is 11.8 Å². The molecular formula is C15H13F2N3S. The Bertz CT molecular complexity index is 716. The standard InChI is InChI=1S/C15H13F2N3S/c1-2-18-15-19-14-10(4-3-5-13(14)21-20-15)11-8-9(16)6-7-12(11)17/h3-8H,2H2,1H3,(H2,18,19,20). The number of guanidine groups is 1. The summed E-state index contributed by atoms with van der Waals surface area (Å²) in [6.45, 7) is 2.55. The first-order chi connectivity index (χ1) is 10.2. The molecule has 0 saturated heterocycles. The quantitative estimate of drug-likeness (QED) is 0.822. The number of anilines is 1. The molecule has 3 nitrogen and oxygen atoms in total. The zero-order valence-corrected chi connectivity index (χ0v) is 12.1. The lowest BCUT2D eigenvalue weighted by atomic mass is 10.0. The van der Waals surface area contributed by atoms with E-state index in [1.165, 1.54) is 18.0 Å². The predicted octanol–water partition coefficient (Wildman–Crippen LogP) is 4.03. The first kappa shape index (κ1) is 13.9. The minimum atomic E-state index is -0.465. The van der Waals surface area contributed by atoms with E-state index in [0.717, 1.165) is 22.7 Å². The van der Waals surface area contributed by atoms with Crippen molar-refractivity contribution >= 4 is 23.6 Å². The normalized spacial score (nSPS) is 15.3. The average Bonchev–Trinajstić information content (AvgIpc) is 2.49. The van der Waals surface area contributed by atoms with Crippen molar-refractivity contribution < 1.29 is 8.78 Å². The van der Waals surface area contributed by atoms with Gasteiger partial charge in [0, 0.05) is 17.7 Å². The summed E-state index contributed by atoms with van der Waals surface area (Å²) in [6.07, 6.45) is 0. The van der Waals surface area contributed by atoms with E-state index in [-0.39, 0.29) is 5.56 Å². The van der Waals surface area contributed by atoms with E-state index in [1.54, 1.807) is 6.07 Å². The van der Waals surface area contributed by atoms with Gasteiger partial charge in [-0.2, -0.15) is 0 Å². The monoisotopic (exact) mass is 305 g/mol. The molecule has 1 aliphatic rings. The molecule has 3 rings (SSSR count). The molecule has 1 aliphatic heterocycles. The molecule has 1 heterocycles. The summed E-state index contributed by atoms with van der Waals surface area (Å²) < 4.78 is 30.5. The molecule has 0 saturated carbocycles. The van der Waals surface area contributed by atoms with Gasteiger partial charge in [0.05, 0.1) is 10.6 Å². The van der Waals surface area contributed by atoms with E-state index < -0.39 is 11.6 Å². The van der Waals surface area contributed by atoms with Gasteiger partial charge in [-0.05, 0) is 43.1 Å². The van der Waals surface area contributed by atoms with Crippen molar-refractivity contribution in [1.82, 2.24) is 4.72 Å². The van der Waals surface area contributed by atoms with Crippen LogP contribution in [0, 0.1) is 11.6 Å². The smallest absolute Gasteiger partial charge is 0.206 e. The third-order valence-corrected chi connectivity index (χ3v) is 3.92. The molecular weight excluding hydrogens is 292 g/mol. The number of nitrogens with zero attached hydrogens (tertiary/aromatic N) is 1. The fourth-order valence-electron chi connectivity index (χ4n) is 2.15. The largest absolute Gasteiger partial charge is 0.324 e. The van der Waals surface area contributed by atoms with Crippen LogP contribution >= 0.6 is 11.9 Å². The maximum atomic E-state index is 14.0. The first-order valence-electron chi connectivity index (χ1n) is 6.52. The Morgan fingerprint density at radius 3 is 2.81 bits per heavy atom. The van der Waals surface area contributed by atoms with Crippen LogP contribution in [0.15, 0.2) is 46.3 Å². The molecule has 6 heteroatoms. The van der Waals surface area contributed by atoms with Crippen LogP contribution in [0.4, 0.5) is 14.5 Å². The number of nitrogens with one attached hydrogen (secondary N) is 2. The second kappa shape index (κ2) is 5.73. The second-order valence-corrected chi connectivity index (χ2v) is 5.30. The number of para-hydroxylation sites is 1. The molecule has 0 radical (unpaired) electrons. The molecule has 0 aromatic heterocycles. The van der Waals surface area contributed by atoms with Gasteiger partial charge in [-0.3, -0.25) is 9.71 Å². The first-order valence-corrected chi connectivity index (χ1v) is 7.33. The van der Waals surface area contributed by atoms with Gasteiger partial charge in [0.2, 0.25) is 5.96 Å². The van der Waals surface area contributed by atoms with Crippen LogP contribution < -0.4 is 10.0 Å². The number of rotatable bonds is 2. The number of hydrogen-bond donors (Lipinski definition) is 2. The van der Waals surface area contributed by atoms with Crippen LogP contribution in [0.1, 0.15) is 6.92 Å². The van der Waals surface area contributed by atoms with E-state index >= 15 is 0 Å². The van der Waals surface area contributed by atoms with Gasteiger partial charge in [0.1, 0.15) is 11.6 Å². The van der Waals surface area contributed by atoms with Crippen molar-refractivity contribution in [3.8, 4) is 11.1 Å². The van der Waals surface area contributed by atoms with Gasteiger partial charge in [-0.25, -0.2) is 8.78 Å². The summed E-state index contributed by atoms with van der Waals surface area (Å²) in [5.41, 5.74) is 1.58. The molecule has 0 atom stereocenters. The molecule has 0 bridgehead atoms. The molecule has 2 aromatic rings. The fourth-order valence-corrected chi connectivity index (χ4v) is 2.88. The molecule has 2 aromatic carbocycles. The average molecular weight is 305 g/mol. The van der Waals surface area contributed by atoms with Crippen LogP contribution in [0.5, 0.6) is 0 Å². The number of halogens is 2. The zero-order valence-electron chi connectivity index (χ0n) is 11.3. The Kier molecular flexibility index (Phi) is 3.79. The third-order valence-electron chi connectivity index (χ3n) is 3.06. The predicted molar refractivity (Wildman–Crippen MR) is 82.4 cm³/mol. The number of benzene rings is 2. The van der Waals surface area contributed by atoms with Gasteiger partial charge in [0.15, 0.2) is 0 Å². The molecule has 2 N–H and O–H groups in total. The minimum absolute atomic E-state index is 0.234. The van der Waals surface area contributed by atoms with Crippen LogP contribution in [0.25, 0.3) is 11.1 Å². The molecule has 108 valence electrons. The Labute approximate surface area is 125 Å². The Morgan fingerprint density at radius 2 is 2.00 bits per heavy atom. The van der Waals surface area contributed by atoms with E-state index in [2.05, 4.69) is 15.0 Å². The molecule has 0 aliphatic carbocycles. The lowest BCUT2D eigenvalue weighted by Crippen LogP contribution is -2.29. The van der Waals surface area contributed by atoms with Crippen molar-refractivity contribution in [2.75, 3.05) is 11.9 Å². The highest BCUT2D eigenvalue weighted by Gasteiger charge is 2.19. The maximum absolute atomic E-state index is 14.0. The van der Waals surface area contributed by atoms with E-state index in [9.17, 15) is 8.78 Å². The van der Waals surface area contributed by atoms with Crippen LogP contribution in [-0.2, 0) is 0 Å². The van der Waals surface area contributed by atoms with Crippen molar-refractivity contribution in [1.29, 1.82) is 0 Å². The summed E-state index contributed by atoms with van der Waals surface area (Å²) in [5, 5.41) is 3.14. The third kappa shape index (κ3) is 2.71. The molecule has 0 unspecified atom stereocenters. The molecule has 0 amide bonds. The Balaban J connectivity index is 2.13. The van der Waals surface area contributed by atoms with Crippen LogP contribution in [0.2, 0.25) is 0 Å². The minimum Gasteiger partial charge on any atom is -0.324 e. The summed E-state index contributed by atoms with van der Waals surface area (Å²) in [5.74, 6) is -0.309. The number of aliphatic imine (C=N–C) groups is 1. The lowest BCUT2D eigenvalue weighted by Gasteiger charge is -2.23. The van der Waals surface area contributed by atoms with E-state index in [0.29, 0.717) is 18.1 Å². The molecule has 21 heavy (non-hydrogen) atoms. The van der Waals surface area contributed by atoms with Crippen LogP contribution in [-0.4, -0.2) is 12.5 Å². The highest BCUT2D eigenvalue weighted by Crippen LogP contribution is 2.38. The van der Waals surface area contributed by atoms with E-state index in [4.69, 9.17) is 0 Å². The Hall–Kier alpha value is -2.08. The van der Waals surface area contributed by atoms with Crippen molar-refractivity contribution in [2.24, 2.45) is 4.99 Å². The summed E-state index contributed by atoms with van der Waals surface area (Å²) in [7, 11) is 0. The summed E-state index contributed by atoms with van der Waals surface area (Å²) >= 11 is 1.40. The van der Waals surface area contributed by atoms with Crippen LogP contribution in [0.3, 0.4) is 0 Å². The highest BCUT2D eigenvalue weighted by atomic mass is 32.2. The summed E-state index contributed by atoms with van der Waals surface area (Å²) in [6, 6.07) is 8.94. The topological polar surface area (TPSA) is 36.4 Å². The Morgan fingerprint density at radius 1 is 1.14 bits per heavy atom. The van der Waals surface area contributed by atoms with Gasteiger partial charge < -0.3 is 5.32 Å². The fraction of sp³-hybridized carbons (Fsp3) is 0.133. The highest BCUT2D eigenvalue weighted by molar-refractivity contribution is 7.98. The lowest BCUT2D eigenvalue weighted by molar-refractivity contribution is 0.603. The SMILES string of the molecule is CCN=C1NSc2cccc(-c3cc(F)ccc3F)c2N1. The maximum Gasteiger partial charge on any atom is 0.206 e. The number of fused-ring (bicyclic) bond motifs is 1. The van der Waals surface area contributed by atoms with Crippen molar-refractivity contribution in [3.63, 3.8) is 0 Å². The van der Waals surface area contributed by atoms with E-state index in [1.807, 2.05) is 19.1 Å². The number of hydrogen-bond acceptors (Lipinski definition) is 2. The van der Waals surface area contributed by atoms with Gasteiger partial charge in [0.25, 0.3) is 0 Å². The molecule has 0 fully saturated rings.